The third-order valence-electron chi connectivity index (χ3n) is 3.77. The van der Waals surface area contributed by atoms with Crippen LogP contribution in [0.3, 0.4) is 0 Å². The first-order chi connectivity index (χ1) is 12.8. The molecule has 0 atom stereocenters. The molecule has 0 aliphatic rings. The van der Waals surface area contributed by atoms with Gasteiger partial charge in [-0.25, -0.2) is 23.2 Å². The maximum atomic E-state index is 13.6. The fourth-order valence-corrected chi connectivity index (χ4v) is 2.50. The second-order valence-corrected chi connectivity index (χ2v) is 5.87. The van der Waals surface area contributed by atoms with Gasteiger partial charge in [-0.05, 0) is 50.2 Å². The summed E-state index contributed by atoms with van der Waals surface area (Å²) in [6, 6.07) is 7.45. The van der Waals surface area contributed by atoms with Crippen LogP contribution in [0.15, 0.2) is 42.6 Å². The summed E-state index contributed by atoms with van der Waals surface area (Å²) in [4.78, 5) is 28.1. The maximum Gasteiger partial charge on any atom is 0.340 e. The molecular weight excluding hydrogens is 356 g/mol. The smallest absolute Gasteiger partial charge is 0.340 e. The topological polar surface area (TPSA) is 74.1 Å². The highest BCUT2D eigenvalue weighted by molar-refractivity contribution is 5.99. The summed E-state index contributed by atoms with van der Waals surface area (Å²) in [5.41, 5.74) is 1.37. The van der Waals surface area contributed by atoms with Crippen molar-refractivity contribution < 1.29 is 23.1 Å². The molecule has 0 amide bonds. The molecule has 0 aliphatic heterocycles. The van der Waals surface area contributed by atoms with Crippen LogP contribution in [-0.4, -0.2) is 33.1 Å². The van der Waals surface area contributed by atoms with Crippen LogP contribution in [0.1, 0.15) is 32.1 Å². The van der Waals surface area contributed by atoms with E-state index < -0.39 is 35.6 Å². The number of rotatable bonds is 5. The number of esters is 1. The van der Waals surface area contributed by atoms with Crippen LogP contribution in [0.4, 0.5) is 8.78 Å². The minimum Gasteiger partial charge on any atom is -0.454 e. The van der Waals surface area contributed by atoms with Crippen molar-refractivity contribution in [2.24, 2.45) is 0 Å². The second kappa shape index (κ2) is 7.45. The molecule has 27 heavy (non-hydrogen) atoms. The standard InChI is InChI=1S/C19H15F2N3O3/c1-11-7-12(2)24(23-11)18-6-3-13(9-22-18)19(26)27-10-17(25)15-8-14(20)4-5-16(15)21/h3-9H,10H2,1-2H3. The fraction of sp³-hybridized carbons (Fsp3) is 0.158. The van der Waals surface area contributed by atoms with Crippen LogP contribution >= 0.6 is 0 Å². The molecule has 0 spiro atoms. The molecule has 3 aromatic rings. The highest BCUT2D eigenvalue weighted by Crippen LogP contribution is 2.13. The monoisotopic (exact) mass is 371 g/mol. The predicted molar refractivity (Wildman–Crippen MR) is 91.8 cm³/mol. The number of benzene rings is 1. The zero-order valence-electron chi connectivity index (χ0n) is 14.6. The van der Waals surface area contributed by atoms with Crippen LogP contribution in [0.2, 0.25) is 0 Å². The highest BCUT2D eigenvalue weighted by atomic mass is 19.1. The number of ether oxygens (including phenoxy) is 1. The summed E-state index contributed by atoms with van der Waals surface area (Å²) in [6.45, 7) is 3.02. The van der Waals surface area contributed by atoms with E-state index in [4.69, 9.17) is 4.74 Å². The quantitative estimate of drug-likeness (QED) is 0.509. The molecule has 1 aromatic carbocycles. The molecule has 8 heteroatoms. The van der Waals surface area contributed by atoms with Gasteiger partial charge in [-0.1, -0.05) is 0 Å². The molecule has 6 nitrogen and oxygen atoms in total. The van der Waals surface area contributed by atoms with Gasteiger partial charge in [0.25, 0.3) is 0 Å². The molecule has 0 aliphatic carbocycles. The molecule has 138 valence electrons. The van der Waals surface area contributed by atoms with E-state index in [0.29, 0.717) is 5.82 Å². The molecule has 0 bridgehead atoms. The van der Waals surface area contributed by atoms with Crippen molar-refractivity contribution in [3.05, 3.63) is 76.7 Å². The lowest BCUT2D eigenvalue weighted by atomic mass is 10.1. The number of carbonyl (C=O) groups is 2. The van der Waals surface area contributed by atoms with Crippen molar-refractivity contribution in [3.8, 4) is 5.82 Å². The lowest BCUT2D eigenvalue weighted by Gasteiger charge is -2.07. The number of aryl methyl sites for hydroxylation is 2. The van der Waals surface area contributed by atoms with Crippen LogP contribution in [0.5, 0.6) is 0 Å². The first-order valence-electron chi connectivity index (χ1n) is 8.00. The van der Waals surface area contributed by atoms with Gasteiger partial charge in [0.15, 0.2) is 12.4 Å². The molecule has 0 N–H and O–H groups in total. The Morgan fingerprint density at radius 3 is 2.52 bits per heavy atom. The first kappa shape index (κ1) is 18.4. The summed E-state index contributed by atoms with van der Waals surface area (Å²) < 4.78 is 33.2. The lowest BCUT2D eigenvalue weighted by Crippen LogP contribution is -2.16. The Bertz CT molecular complexity index is 1010. The molecule has 3 rings (SSSR count). The highest BCUT2D eigenvalue weighted by Gasteiger charge is 2.16. The van der Waals surface area contributed by atoms with E-state index in [-0.39, 0.29) is 5.56 Å². The van der Waals surface area contributed by atoms with Gasteiger partial charge in [0, 0.05) is 11.9 Å². The molecule has 0 saturated carbocycles. The van der Waals surface area contributed by atoms with Gasteiger partial charge >= 0.3 is 5.97 Å². The number of Topliss-reactive ketones (excluding diaryl/α,β-unsaturated/α-hetero) is 1. The normalized spacial score (nSPS) is 10.7. The number of aromatic nitrogens is 3. The zero-order chi connectivity index (χ0) is 19.6. The Kier molecular flexibility index (Phi) is 5.07. The number of halogens is 2. The van der Waals surface area contributed by atoms with Gasteiger partial charge in [0.1, 0.15) is 11.6 Å². The van der Waals surface area contributed by atoms with Crippen LogP contribution in [0.25, 0.3) is 5.82 Å². The zero-order valence-corrected chi connectivity index (χ0v) is 14.6. The number of ketones is 1. The van der Waals surface area contributed by atoms with Crippen molar-refractivity contribution in [2.45, 2.75) is 13.8 Å². The van der Waals surface area contributed by atoms with Crippen LogP contribution in [0, 0.1) is 25.5 Å². The first-order valence-corrected chi connectivity index (χ1v) is 8.00. The number of nitrogens with zero attached hydrogens (tertiary/aromatic N) is 3. The second-order valence-electron chi connectivity index (χ2n) is 5.87. The van der Waals surface area contributed by atoms with Gasteiger partial charge < -0.3 is 4.74 Å². The van der Waals surface area contributed by atoms with E-state index in [1.165, 1.54) is 12.3 Å². The van der Waals surface area contributed by atoms with Crippen molar-refractivity contribution in [3.63, 3.8) is 0 Å². The number of pyridine rings is 1. The summed E-state index contributed by atoms with van der Waals surface area (Å²) >= 11 is 0. The molecule has 2 aromatic heterocycles. The summed E-state index contributed by atoms with van der Waals surface area (Å²) in [7, 11) is 0. The van der Waals surface area contributed by atoms with E-state index >= 15 is 0 Å². The molecule has 0 saturated heterocycles. The minimum atomic E-state index is -0.881. The summed E-state index contributed by atoms with van der Waals surface area (Å²) in [5.74, 6) is -2.75. The summed E-state index contributed by atoms with van der Waals surface area (Å²) in [5, 5.41) is 4.29. The third-order valence-corrected chi connectivity index (χ3v) is 3.77. The Morgan fingerprint density at radius 1 is 1.11 bits per heavy atom. The Morgan fingerprint density at radius 2 is 1.89 bits per heavy atom. The van der Waals surface area contributed by atoms with Crippen molar-refractivity contribution >= 4 is 11.8 Å². The van der Waals surface area contributed by atoms with Gasteiger partial charge in [0.05, 0.1) is 16.8 Å². The number of carbonyl (C=O) groups excluding carboxylic acids is 2. The lowest BCUT2D eigenvalue weighted by molar-refractivity contribution is 0.0473. The van der Waals surface area contributed by atoms with Gasteiger partial charge in [-0.15, -0.1) is 0 Å². The minimum absolute atomic E-state index is 0.118. The third kappa shape index (κ3) is 4.05. The number of hydrogen-bond acceptors (Lipinski definition) is 5. The fourth-order valence-electron chi connectivity index (χ4n) is 2.50. The molecule has 0 fully saturated rings. The maximum absolute atomic E-state index is 13.6. The van der Waals surface area contributed by atoms with Crippen LogP contribution in [-0.2, 0) is 4.74 Å². The van der Waals surface area contributed by atoms with E-state index in [0.717, 1.165) is 29.6 Å². The van der Waals surface area contributed by atoms with Gasteiger partial charge in [0.2, 0.25) is 5.78 Å². The van der Waals surface area contributed by atoms with Crippen molar-refractivity contribution in [1.29, 1.82) is 0 Å². The molecular formula is C19H15F2N3O3. The largest absolute Gasteiger partial charge is 0.454 e. The van der Waals surface area contributed by atoms with E-state index in [1.807, 2.05) is 19.9 Å². The average Bonchev–Trinajstić information content (AvgIpc) is 2.99. The van der Waals surface area contributed by atoms with Crippen LogP contribution < -0.4 is 0 Å². The Balaban J connectivity index is 1.67. The Hall–Kier alpha value is -3.42. The van der Waals surface area contributed by atoms with E-state index in [9.17, 15) is 18.4 Å². The average molecular weight is 371 g/mol. The SMILES string of the molecule is Cc1cc(C)n(-c2ccc(C(=O)OCC(=O)c3cc(F)ccc3F)cn2)n1. The van der Waals surface area contributed by atoms with Gasteiger partial charge in [-0.2, -0.15) is 5.10 Å². The number of hydrogen-bond donors (Lipinski definition) is 0. The van der Waals surface area contributed by atoms with Crippen molar-refractivity contribution in [2.75, 3.05) is 6.61 Å². The molecule has 0 radical (unpaired) electrons. The summed E-state index contributed by atoms with van der Waals surface area (Å²) in [6.07, 6.45) is 1.29. The van der Waals surface area contributed by atoms with E-state index in [1.54, 1.807) is 10.7 Å². The van der Waals surface area contributed by atoms with Gasteiger partial charge in [-0.3, -0.25) is 4.79 Å². The Labute approximate surface area is 153 Å². The predicted octanol–water partition coefficient (Wildman–Crippen LogP) is 3.20. The molecule has 0 unspecified atom stereocenters. The van der Waals surface area contributed by atoms with Crippen molar-refractivity contribution in [1.82, 2.24) is 14.8 Å². The molecule has 2 heterocycles. The van der Waals surface area contributed by atoms with E-state index in [2.05, 4.69) is 10.1 Å².